The predicted molar refractivity (Wildman–Crippen MR) is 134 cm³/mol. The molecule has 1 aliphatic heterocycles. The summed E-state index contributed by atoms with van der Waals surface area (Å²) >= 11 is 0. The lowest BCUT2D eigenvalue weighted by molar-refractivity contribution is 0.0622. The second-order valence-electron chi connectivity index (χ2n) is 9.07. The summed E-state index contributed by atoms with van der Waals surface area (Å²) in [5.41, 5.74) is -0.537. The molecule has 0 spiro atoms. The molecule has 0 radical (unpaired) electrons. The van der Waals surface area contributed by atoms with Crippen molar-refractivity contribution in [2.24, 2.45) is 0 Å². The molecular weight excluding hydrogens is 494 g/mol. The molecule has 38 heavy (non-hydrogen) atoms. The van der Waals surface area contributed by atoms with E-state index in [9.17, 15) is 33.4 Å². The third kappa shape index (κ3) is 4.43. The summed E-state index contributed by atoms with van der Waals surface area (Å²) in [6.07, 6.45) is 1.08. The van der Waals surface area contributed by atoms with Crippen molar-refractivity contribution in [2.45, 2.75) is 18.5 Å². The van der Waals surface area contributed by atoms with Crippen molar-refractivity contribution in [1.29, 1.82) is 0 Å². The highest BCUT2D eigenvalue weighted by molar-refractivity contribution is 5.97. The number of hydrogen-bond acceptors (Lipinski definition) is 4. The summed E-state index contributed by atoms with van der Waals surface area (Å²) in [6, 6.07) is 20.9. The van der Waals surface area contributed by atoms with Gasteiger partial charge in [0.2, 0.25) is 5.43 Å². The molecule has 3 aromatic carbocycles. The fraction of sp³-hybridized carbons (Fsp3) is 0.138. The lowest BCUT2D eigenvalue weighted by Crippen LogP contribution is -2.46. The van der Waals surface area contributed by atoms with E-state index in [-0.39, 0.29) is 18.7 Å². The maximum absolute atomic E-state index is 14.6. The molecule has 2 N–H and O–H groups in total. The largest absolute Gasteiger partial charge is 0.503 e. The van der Waals surface area contributed by atoms with Gasteiger partial charge in [-0.05, 0) is 17.2 Å². The maximum atomic E-state index is 14.6. The highest BCUT2D eigenvalue weighted by Crippen LogP contribution is 2.40. The minimum atomic E-state index is -1.54. The Morgan fingerprint density at radius 3 is 2.11 bits per heavy atom. The van der Waals surface area contributed by atoms with Crippen molar-refractivity contribution >= 4 is 11.9 Å². The lowest BCUT2D eigenvalue weighted by Gasteiger charge is -2.40. The van der Waals surface area contributed by atoms with Crippen molar-refractivity contribution in [3.63, 3.8) is 0 Å². The van der Waals surface area contributed by atoms with E-state index in [0.717, 1.165) is 23.4 Å². The van der Waals surface area contributed by atoms with Gasteiger partial charge in [-0.3, -0.25) is 9.59 Å². The molecule has 9 heteroatoms. The van der Waals surface area contributed by atoms with Gasteiger partial charge >= 0.3 is 5.97 Å². The number of carbonyl (C=O) groups is 2. The van der Waals surface area contributed by atoms with Gasteiger partial charge in [0, 0.05) is 36.8 Å². The van der Waals surface area contributed by atoms with Crippen LogP contribution >= 0.6 is 0 Å². The van der Waals surface area contributed by atoms with Crippen LogP contribution < -0.4 is 5.43 Å². The first-order valence-corrected chi connectivity index (χ1v) is 11.8. The zero-order valence-corrected chi connectivity index (χ0v) is 19.9. The summed E-state index contributed by atoms with van der Waals surface area (Å²) in [7, 11) is 0. The number of rotatable bonds is 6. The van der Waals surface area contributed by atoms with Crippen LogP contribution in [-0.4, -0.2) is 38.1 Å². The van der Waals surface area contributed by atoms with Gasteiger partial charge in [0.25, 0.3) is 5.91 Å². The Kier molecular flexibility index (Phi) is 6.50. The van der Waals surface area contributed by atoms with Crippen LogP contribution in [0.4, 0.5) is 8.78 Å². The molecular formula is C29H22F2N2O5. The number of hydrogen-bond donors (Lipinski definition) is 2. The maximum Gasteiger partial charge on any atom is 0.341 e. The highest BCUT2D eigenvalue weighted by atomic mass is 19.1. The first-order valence-electron chi connectivity index (χ1n) is 11.8. The summed E-state index contributed by atoms with van der Waals surface area (Å²) in [5.74, 6) is -5.38. The van der Waals surface area contributed by atoms with Gasteiger partial charge in [0.15, 0.2) is 11.4 Å². The van der Waals surface area contributed by atoms with E-state index in [4.69, 9.17) is 0 Å². The Morgan fingerprint density at radius 2 is 1.55 bits per heavy atom. The van der Waals surface area contributed by atoms with Gasteiger partial charge < -0.3 is 19.7 Å². The van der Waals surface area contributed by atoms with E-state index in [1.165, 1.54) is 15.5 Å². The van der Waals surface area contributed by atoms with Crippen molar-refractivity contribution in [3.8, 4) is 5.75 Å². The van der Waals surface area contributed by atoms with Gasteiger partial charge in [-0.25, -0.2) is 13.6 Å². The number of amides is 1. The average Bonchev–Trinajstić information content (AvgIpc) is 2.91. The Labute approximate surface area is 215 Å². The second kappa shape index (κ2) is 9.93. The molecule has 0 fully saturated rings. The van der Waals surface area contributed by atoms with E-state index in [1.807, 2.05) is 60.7 Å². The number of pyridine rings is 1. The lowest BCUT2D eigenvalue weighted by atomic mass is 9.83. The fourth-order valence-corrected chi connectivity index (χ4v) is 5.01. The van der Waals surface area contributed by atoms with Crippen molar-refractivity contribution in [3.05, 3.63) is 135 Å². The number of aromatic hydroxyl groups is 1. The average molecular weight is 517 g/mol. The van der Waals surface area contributed by atoms with E-state index in [1.54, 1.807) is 0 Å². The molecule has 1 aliphatic rings. The van der Waals surface area contributed by atoms with Crippen molar-refractivity contribution in [2.75, 3.05) is 6.54 Å². The van der Waals surface area contributed by atoms with E-state index < -0.39 is 57.9 Å². The molecule has 0 bridgehead atoms. The van der Waals surface area contributed by atoms with Crippen LogP contribution in [0.1, 0.15) is 49.5 Å². The second-order valence-corrected chi connectivity index (χ2v) is 9.07. The van der Waals surface area contributed by atoms with E-state index in [0.29, 0.717) is 6.07 Å². The Balaban J connectivity index is 1.73. The normalized spacial score (nSPS) is 15.0. The highest BCUT2D eigenvalue weighted by Gasteiger charge is 2.40. The van der Waals surface area contributed by atoms with E-state index in [2.05, 4.69) is 0 Å². The summed E-state index contributed by atoms with van der Waals surface area (Å²) in [5, 5.41) is 20.4. The number of aromatic carboxylic acids is 1. The van der Waals surface area contributed by atoms with Crippen LogP contribution in [0.3, 0.4) is 0 Å². The van der Waals surface area contributed by atoms with E-state index >= 15 is 0 Å². The molecule has 0 aliphatic carbocycles. The SMILES string of the molecule is O=C(O)c1cn2c(c(O)c1=O)C(=O)N(Cc1ccc(F)cc1F)C[C@@H]2C(c1ccccc1)c1ccccc1. The van der Waals surface area contributed by atoms with Crippen LogP contribution in [0, 0.1) is 11.6 Å². The van der Waals surface area contributed by atoms with Crippen LogP contribution in [0.2, 0.25) is 0 Å². The molecule has 1 atom stereocenters. The van der Waals surface area contributed by atoms with Gasteiger partial charge in [0.1, 0.15) is 17.2 Å². The van der Waals surface area contributed by atoms with Crippen molar-refractivity contribution in [1.82, 2.24) is 9.47 Å². The quantitative estimate of drug-likeness (QED) is 0.392. The summed E-state index contributed by atoms with van der Waals surface area (Å²) < 4.78 is 29.4. The molecule has 1 amide bonds. The third-order valence-electron chi connectivity index (χ3n) is 6.77. The van der Waals surface area contributed by atoms with Gasteiger partial charge in [-0.15, -0.1) is 0 Å². The molecule has 192 valence electrons. The number of carboxylic acid groups (broad SMARTS) is 1. The first-order chi connectivity index (χ1) is 18.3. The number of benzene rings is 3. The Bertz CT molecular complexity index is 1550. The fourth-order valence-electron chi connectivity index (χ4n) is 5.01. The number of carbonyl (C=O) groups excluding carboxylic acids is 1. The van der Waals surface area contributed by atoms with Gasteiger partial charge in [-0.1, -0.05) is 66.7 Å². The summed E-state index contributed by atoms with van der Waals surface area (Å²) in [6.45, 7) is -0.273. The topological polar surface area (TPSA) is 99.8 Å². The molecule has 7 nitrogen and oxygen atoms in total. The number of fused-ring (bicyclic) bond motifs is 1. The number of halogens is 2. The summed E-state index contributed by atoms with van der Waals surface area (Å²) in [4.78, 5) is 39.4. The number of carboxylic acids is 1. The Morgan fingerprint density at radius 1 is 0.947 bits per heavy atom. The zero-order valence-electron chi connectivity index (χ0n) is 19.9. The third-order valence-corrected chi connectivity index (χ3v) is 6.77. The van der Waals surface area contributed by atoms with Crippen LogP contribution in [0.5, 0.6) is 5.75 Å². The zero-order chi connectivity index (χ0) is 27.0. The molecule has 0 unspecified atom stereocenters. The van der Waals surface area contributed by atoms with Gasteiger partial charge in [-0.2, -0.15) is 0 Å². The van der Waals surface area contributed by atoms with Crippen molar-refractivity contribution < 1.29 is 28.6 Å². The van der Waals surface area contributed by atoms with Gasteiger partial charge in [0.05, 0.1) is 6.04 Å². The monoisotopic (exact) mass is 516 g/mol. The predicted octanol–water partition coefficient (Wildman–Crippen LogP) is 4.56. The molecule has 4 aromatic rings. The smallest absolute Gasteiger partial charge is 0.341 e. The first kappa shape index (κ1) is 24.9. The van der Waals surface area contributed by atoms with Crippen LogP contribution in [0.25, 0.3) is 0 Å². The minimum Gasteiger partial charge on any atom is -0.503 e. The molecule has 2 heterocycles. The molecule has 1 aromatic heterocycles. The molecule has 0 saturated heterocycles. The number of nitrogens with zero attached hydrogens (tertiary/aromatic N) is 2. The standard InChI is InChI=1S/C29H22F2N2O5/c30-20-12-11-19(22(31)13-20)14-32-16-23(24(17-7-3-1-4-8-17)18-9-5-2-6-10-18)33-15-21(29(37)38)26(34)27(35)25(33)28(32)36/h1-13,15,23-24,35H,14,16H2,(H,37,38)/t23-/m1/s1. The molecule has 0 saturated carbocycles. The molecule has 5 rings (SSSR count). The van der Waals surface area contributed by atoms with Crippen LogP contribution in [-0.2, 0) is 6.54 Å². The minimum absolute atomic E-state index is 0.0154. The Hall–Kier alpha value is -4.79. The van der Waals surface area contributed by atoms with Crippen LogP contribution in [0.15, 0.2) is 89.9 Å². The number of aromatic nitrogens is 1.